The van der Waals surface area contributed by atoms with Crippen molar-refractivity contribution in [1.29, 1.82) is 0 Å². The minimum atomic E-state index is -1.92. The highest BCUT2D eigenvalue weighted by atomic mass is 35.5. The van der Waals surface area contributed by atoms with Crippen LogP contribution in [0, 0.1) is 5.92 Å². The second kappa shape index (κ2) is 43.9. The van der Waals surface area contributed by atoms with E-state index in [1.165, 1.54) is 79.7 Å². The maximum absolute atomic E-state index is 15.5. The van der Waals surface area contributed by atoms with Crippen molar-refractivity contribution in [2.24, 2.45) is 17.4 Å². The third kappa shape index (κ3) is 28.5. The molecule has 8 rings (SSSR count). The van der Waals surface area contributed by atoms with E-state index in [1.807, 2.05) is 61.6 Å². The fourth-order valence-electron chi connectivity index (χ4n) is 13.4. The summed E-state index contributed by atoms with van der Waals surface area (Å²) in [5.74, 6) is -11.0. The van der Waals surface area contributed by atoms with Crippen LogP contribution in [-0.4, -0.2) is 196 Å². The number of aliphatic hydroxyl groups excluding tert-OH is 1. The summed E-state index contributed by atoms with van der Waals surface area (Å²) >= 11 is 6.27. The Bertz CT molecular complexity index is 4520. The lowest BCUT2D eigenvalue weighted by Crippen LogP contribution is -2.62. The molecule has 19 N–H and O–H groups in total. The second-order valence-corrected chi connectivity index (χ2v) is 30.2. The molecule has 1 aromatic heterocycles. The molecule has 0 saturated carbocycles. The number of aromatic nitrogens is 1. The molecule has 2 fully saturated rings. The summed E-state index contributed by atoms with van der Waals surface area (Å²) in [7, 11) is 0. The Balaban J connectivity index is 1.10. The van der Waals surface area contributed by atoms with Gasteiger partial charge < -0.3 is 90.6 Å². The summed E-state index contributed by atoms with van der Waals surface area (Å²) in [5.41, 5.74) is 13.6. The quantitative estimate of drug-likeness (QED) is 0.0242. The molecule has 35 heteroatoms. The number of imide groups is 1. The van der Waals surface area contributed by atoms with Gasteiger partial charge in [0.2, 0.25) is 76.8 Å². The van der Waals surface area contributed by atoms with E-state index < -0.39 is 168 Å². The van der Waals surface area contributed by atoms with Crippen molar-refractivity contribution in [1.82, 2.24) is 73.7 Å². The van der Waals surface area contributed by atoms with Gasteiger partial charge in [-0.1, -0.05) is 124 Å². The molecule has 0 aliphatic carbocycles. The van der Waals surface area contributed by atoms with Crippen molar-refractivity contribution < 1.29 is 77.0 Å². The highest BCUT2D eigenvalue weighted by Crippen LogP contribution is 2.24. The van der Waals surface area contributed by atoms with Gasteiger partial charge in [-0.2, -0.15) is 0 Å². The Kier molecular flexibility index (Phi) is 33.8. The molecule has 6 aromatic rings. The molecular weight excluding hydrogens is 1530 g/mol. The molecule has 0 bridgehead atoms. The number of hydrogen-bond donors (Lipinski definition) is 17. The Labute approximate surface area is 681 Å². The van der Waals surface area contributed by atoms with Crippen LogP contribution < -0.4 is 85.9 Å². The van der Waals surface area contributed by atoms with Gasteiger partial charge in [0.05, 0.1) is 13.0 Å². The number of primary amides is 2. The number of pyridine rings is 1. The lowest BCUT2D eigenvalue weighted by Gasteiger charge is -2.31. The topological polar surface area (TPSA) is 513 Å². The fourth-order valence-corrected chi connectivity index (χ4v) is 13.5. The van der Waals surface area contributed by atoms with Crippen LogP contribution in [0.25, 0.3) is 10.8 Å². The zero-order chi connectivity index (χ0) is 85.0. The van der Waals surface area contributed by atoms with Crippen LogP contribution in [0.4, 0.5) is 21.0 Å². The summed E-state index contributed by atoms with van der Waals surface area (Å²) in [6, 6.07) is 17.3. The number of nitrogens with one attached hydrogen (secondary N) is 14. The molecule has 0 radical (unpaired) electrons. The van der Waals surface area contributed by atoms with Crippen molar-refractivity contribution in [3.8, 4) is 0 Å². The van der Waals surface area contributed by atoms with Gasteiger partial charge in [0.1, 0.15) is 66.5 Å². The van der Waals surface area contributed by atoms with Gasteiger partial charge >= 0.3 is 12.1 Å². The van der Waals surface area contributed by atoms with Crippen molar-refractivity contribution >= 4 is 123 Å². The Morgan fingerprint density at radius 1 is 0.538 bits per heavy atom. The number of amides is 17. The zero-order valence-corrected chi connectivity index (χ0v) is 66.6. The third-order valence-electron chi connectivity index (χ3n) is 19.4. The first kappa shape index (κ1) is 90.1. The lowest BCUT2D eigenvalue weighted by molar-refractivity contribution is -0.142. The van der Waals surface area contributed by atoms with Crippen molar-refractivity contribution in [3.63, 3.8) is 0 Å². The molecular formula is C82H103ClN18O16. The van der Waals surface area contributed by atoms with Crippen LogP contribution >= 0.6 is 11.6 Å². The molecule has 2 aliphatic rings. The van der Waals surface area contributed by atoms with E-state index in [0.717, 1.165) is 10.8 Å². The number of nitrogens with two attached hydrogens (primary N) is 2. The normalized spacial score (nSPS) is 16.1. The minimum Gasteiger partial charge on any atom is -0.394 e. The summed E-state index contributed by atoms with van der Waals surface area (Å²) in [4.78, 5) is 213. The Hall–Kier alpha value is -12.4. The molecule has 3 heterocycles. The summed E-state index contributed by atoms with van der Waals surface area (Å²) in [5, 5.41) is 50.4. The molecule has 624 valence electrons. The predicted molar refractivity (Wildman–Crippen MR) is 434 cm³/mol. The van der Waals surface area contributed by atoms with E-state index in [4.69, 9.17) is 23.1 Å². The van der Waals surface area contributed by atoms with Crippen LogP contribution in [0.15, 0.2) is 140 Å². The van der Waals surface area contributed by atoms with E-state index in [2.05, 4.69) is 74.1 Å². The number of benzene rings is 5. The van der Waals surface area contributed by atoms with Gasteiger partial charge in [-0.3, -0.25) is 72.6 Å². The Morgan fingerprint density at radius 2 is 1.03 bits per heavy atom. The first-order valence-corrected chi connectivity index (χ1v) is 39.1. The molecule has 0 unspecified atom stereocenters. The number of likely N-dealkylation sites (tertiary alicyclic amines) is 1. The van der Waals surface area contributed by atoms with Crippen molar-refractivity contribution in [3.05, 3.63) is 173 Å². The Morgan fingerprint density at radius 3 is 1.54 bits per heavy atom. The molecule has 5 aromatic carbocycles. The fraction of sp³-hybridized carbons (Fsp3) is 0.415. The van der Waals surface area contributed by atoms with Crippen LogP contribution in [0.3, 0.4) is 0 Å². The molecule has 34 nitrogen and oxygen atoms in total. The zero-order valence-electron chi connectivity index (χ0n) is 65.9. The number of urea groups is 2. The number of fused-ring (bicyclic) bond motifs is 1. The number of hydrogen-bond acceptors (Lipinski definition) is 18. The smallest absolute Gasteiger partial charge is 0.322 e. The molecule has 2 aliphatic heterocycles. The summed E-state index contributed by atoms with van der Waals surface area (Å²) in [6.07, 6.45) is 3.04. The van der Waals surface area contributed by atoms with E-state index in [1.54, 1.807) is 50.2 Å². The summed E-state index contributed by atoms with van der Waals surface area (Å²) in [6.45, 7) is 9.74. The highest BCUT2D eigenvalue weighted by Gasteiger charge is 2.41. The predicted octanol–water partition coefficient (Wildman–Crippen LogP) is 1.51. The van der Waals surface area contributed by atoms with Gasteiger partial charge in [0.25, 0.3) is 0 Å². The minimum absolute atomic E-state index is 0.00410. The van der Waals surface area contributed by atoms with Crippen LogP contribution in [-0.2, 0) is 94.4 Å². The van der Waals surface area contributed by atoms with E-state index in [9.17, 15) is 62.6 Å². The third-order valence-corrected chi connectivity index (χ3v) is 19.7. The molecule has 2 saturated heterocycles. The number of rotatable bonds is 41. The van der Waals surface area contributed by atoms with Gasteiger partial charge in [-0.15, -0.1) is 0 Å². The van der Waals surface area contributed by atoms with E-state index >= 15 is 14.4 Å². The molecule has 117 heavy (non-hydrogen) atoms. The second-order valence-electron chi connectivity index (χ2n) is 29.8. The van der Waals surface area contributed by atoms with Crippen molar-refractivity contribution in [2.45, 2.75) is 191 Å². The van der Waals surface area contributed by atoms with Gasteiger partial charge in [0.15, 0.2) is 0 Å². The molecule has 11 atom stereocenters. The van der Waals surface area contributed by atoms with E-state index in [-0.39, 0.29) is 86.8 Å². The average molecular weight is 1630 g/mol. The number of carbonyl (C=O) groups is 15. The van der Waals surface area contributed by atoms with Gasteiger partial charge in [-0.05, 0) is 139 Å². The number of halogens is 1. The standard InChI is InChI=1S/C82H103ClN18O16/c1-45(2)35-60(72(107)92-59(16-9-10-33-87-46(3)4)80(115)101-34-12-17-68(101)79(114)88-47(5)70(84)105)93-74(109)63(38-51-23-30-58(31-24-51)91-81(85)116)95-76(111)64(39-50-21-28-57(29-22-50)90-71(106)66-42-69(104)100-82(117)99-66)97-78(113)67(44-102)98-77(112)65(41-53-13-11-32-86-43-53)96-75(110)62(37-49-19-26-56(83)27-20-49)94-73(108)61(89-48(6)103)40-52-18-25-54-14-7-8-15-55(54)36-52/h7-8,11,13-15,18-32,36,43,45-47,59-68,87,102H,9-10,12,16-17,33-35,37-42,44H2,1-6H3,(H2,84,105)(H,88,114)(H,89,103)(H,90,106)(H,92,107)(H,93,109)(H,94,108)(H,95,111)(H,96,110)(H,97,113)(H,98,112)(H3,85,91,116)(H2,99,100,104,117)/t47-,59-,60-,61+,62+,63+,64-,65+,66-,67-,68-/m0/s1. The maximum Gasteiger partial charge on any atom is 0.322 e. The van der Waals surface area contributed by atoms with Gasteiger partial charge in [-0.25, -0.2) is 9.59 Å². The first-order chi connectivity index (χ1) is 55.8. The molecule has 17 amide bonds. The SMILES string of the molecule is CC(=O)N[C@H](Cc1ccc2ccccc2c1)C(=O)N[C@H](Cc1ccc(Cl)cc1)C(=O)N[C@H](Cc1cccnc1)C(=O)N[C@@H](CO)C(=O)N[C@@H](Cc1ccc(NC(=O)[C@@H]2CC(=O)NC(=O)N2)cc1)C(=O)N[C@H](Cc1ccc(NC(N)=O)cc1)C(=O)N[C@@H](CC(C)C)C(=O)N[C@@H](CCCCNC(C)C)C(=O)N1CCC[C@H]1C(=O)N[C@@H](C)C(N)=O. The number of anilines is 2. The van der Waals surface area contributed by atoms with Crippen LogP contribution in [0.5, 0.6) is 0 Å². The number of aliphatic hydroxyl groups is 1. The highest BCUT2D eigenvalue weighted by molar-refractivity contribution is 6.30. The van der Waals surface area contributed by atoms with Crippen molar-refractivity contribution in [2.75, 3.05) is 30.3 Å². The van der Waals surface area contributed by atoms with Crippen LogP contribution in [0.1, 0.15) is 114 Å². The largest absolute Gasteiger partial charge is 0.394 e. The maximum atomic E-state index is 15.5. The monoisotopic (exact) mass is 1630 g/mol. The lowest BCUT2D eigenvalue weighted by atomic mass is 9.99. The number of nitrogens with zero attached hydrogens (tertiary/aromatic N) is 2. The number of unbranched alkanes of at least 4 members (excludes halogenated alkanes) is 1. The van der Waals surface area contributed by atoms with Gasteiger partial charge in [0, 0.05) is 80.4 Å². The summed E-state index contributed by atoms with van der Waals surface area (Å²) < 4.78 is 0. The average Bonchev–Trinajstić information content (AvgIpc) is 1.81. The van der Waals surface area contributed by atoms with E-state index in [0.29, 0.717) is 53.1 Å². The molecule has 0 spiro atoms. The number of carbonyl (C=O) groups excluding carboxylic acids is 15. The van der Waals surface area contributed by atoms with Crippen LogP contribution in [0.2, 0.25) is 5.02 Å². The first-order valence-electron chi connectivity index (χ1n) is 38.7.